The van der Waals surface area contributed by atoms with Crippen molar-refractivity contribution in [2.24, 2.45) is 5.41 Å². The number of rotatable bonds is 4. The molecule has 2 heterocycles. The van der Waals surface area contributed by atoms with E-state index in [1.54, 1.807) is 11.0 Å². The van der Waals surface area contributed by atoms with Gasteiger partial charge in [0.1, 0.15) is 0 Å². The number of urea groups is 1. The zero-order chi connectivity index (χ0) is 24.2. The van der Waals surface area contributed by atoms with Gasteiger partial charge in [-0.15, -0.1) is 0 Å². The molecular formula is C26H29F3N4O. The summed E-state index contributed by atoms with van der Waals surface area (Å²) in [6.07, 6.45) is -0.528. The van der Waals surface area contributed by atoms with E-state index in [9.17, 15) is 18.0 Å². The molecule has 4 rings (SSSR count). The fraction of sp³-hybridized carbons (Fsp3) is 0.462. The summed E-state index contributed by atoms with van der Waals surface area (Å²) < 4.78 is 40.1. The molecule has 34 heavy (non-hydrogen) atoms. The van der Waals surface area contributed by atoms with Gasteiger partial charge in [0.25, 0.3) is 0 Å². The standard InChI is InChI=1S/C26H29F3N4O/c27-26(28,29)23-16-21(17-30)6-7-22(23)18-31-24(34)33-14-10-25(11-15-33)8-12-32(13-9-25)19-20-4-2-1-3-5-20/h1-7,16H,8-15,18-19H2,(H,31,34). The minimum Gasteiger partial charge on any atom is -0.334 e. The number of halogens is 3. The molecule has 2 aliphatic heterocycles. The molecule has 2 amide bonds. The van der Waals surface area contributed by atoms with E-state index in [0.717, 1.165) is 51.4 Å². The molecule has 2 saturated heterocycles. The van der Waals surface area contributed by atoms with Crippen LogP contribution in [0.4, 0.5) is 18.0 Å². The van der Waals surface area contributed by atoms with Crippen molar-refractivity contribution in [2.45, 2.75) is 44.9 Å². The highest BCUT2D eigenvalue weighted by Crippen LogP contribution is 2.41. The van der Waals surface area contributed by atoms with Crippen LogP contribution in [0.5, 0.6) is 0 Å². The van der Waals surface area contributed by atoms with Gasteiger partial charge >= 0.3 is 12.2 Å². The topological polar surface area (TPSA) is 59.4 Å². The fourth-order valence-corrected chi connectivity index (χ4v) is 5.06. The maximum absolute atomic E-state index is 13.4. The number of carbonyl (C=O) groups excluding carboxylic acids is 1. The Labute approximate surface area is 198 Å². The van der Waals surface area contributed by atoms with Gasteiger partial charge in [0.2, 0.25) is 0 Å². The van der Waals surface area contributed by atoms with E-state index < -0.39 is 11.7 Å². The lowest BCUT2D eigenvalue weighted by molar-refractivity contribution is -0.138. The molecule has 5 nitrogen and oxygen atoms in total. The molecule has 0 aliphatic carbocycles. The molecule has 0 bridgehead atoms. The van der Waals surface area contributed by atoms with Gasteiger partial charge in [0.15, 0.2) is 0 Å². The highest BCUT2D eigenvalue weighted by atomic mass is 19.4. The maximum Gasteiger partial charge on any atom is 0.416 e. The van der Waals surface area contributed by atoms with E-state index in [1.807, 2.05) is 6.07 Å². The molecule has 180 valence electrons. The normalized spacial score (nSPS) is 18.5. The Morgan fingerprint density at radius 1 is 1.00 bits per heavy atom. The third kappa shape index (κ3) is 5.71. The first-order valence-corrected chi connectivity index (χ1v) is 11.7. The van der Waals surface area contributed by atoms with Crippen molar-refractivity contribution in [1.82, 2.24) is 15.1 Å². The Bertz CT molecular complexity index is 1030. The Balaban J connectivity index is 1.27. The largest absolute Gasteiger partial charge is 0.416 e. The van der Waals surface area contributed by atoms with Crippen LogP contribution >= 0.6 is 0 Å². The fourth-order valence-electron chi connectivity index (χ4n) is 5.06. The quantitative estimate of drug-likeness (QED) is 0.671. The zero-order valence-corrected chi connectivity index (χ0v) is 19.1. The van der Waals surface area contributed by atoms with Crippen LogP contribution in [-0.4, -0.2) is 42.0 Å². The first kappa shape index (κ1) is 24.1. The van der Waals surface area contributed by atoms with Crippen LogP contribution in [0.1, 0.15) is 47.9 Å². The molecule has 0 aromatic heterocycles. The second-order valence-corrected chi connectivity index (χ2v) is 9.39. The summed E-state index contributed by atoms with van der Waals surface area (Å²) in [6, 6.07) is 15.3. The zero-order valence-electron chi connectivity index (χ0n) is 19.1. The van der Waals surface area contributed by atoms with E-state index in [4.69, 9.17) is 5.26 Å². The third-order valence-electron chi connectivity index (χ3n) is 7.25. The van der Waals surface area contributed by atoms with Crippen molar-refractivity contribution in [3.05, 3.63) is 70.8 Å². The monoisotopic (exact) mass is 470 g/mol. The van der Waals surface area contributed by atoms with Gasteiger partial charge < -0.3 is 10.2 Å². The minimum atomic E-state index is -4.58. The highest BCUT2D eigenvalue weighted by molar-refractivity contribution is 5.74. The number of piperidine rings is 2. The lowest BCUT2D eigenvalue weighted by atomic mass is 9.71. The summed E-state index contributed by atoms with van der Waals surface area (Å²) in [4.78, 5) is 16.8. The second-order valence-electron chi connectivity index (χ2n) is 9.39. The van der Waals surface area contributed by atoms with Crippen LogP contribution in [0, 0.1) is 16.7 Å². The number of hydrogen-bond acceptors (Lipinski definition) is 3. The number of benzene rings is 2. The van der Waals surface area contributed by atoms with Gasteiger partial charge in [-0.2, -0.15) is 18.4 Å². The van der Waals surface area contributed by atoms with Crippen LogP contribution < -0.4 is 5.32 Å². The lowest BCUT2D eigenvalue weighted by Gasteiger charge is -2.46. The van der Waals surface area contributed by atoms with E-state index in [2.05, 4.69) is 34.5 Å². The van der Waals surface area contributed by atoms with Crippen molar-refractivity contribution in [2.75, 3.05) is 26.2 Å². The predicted octanol–water partition coefficient (Wildman–Crippen LogP) is 5.16. The Kier molecular flexibility index (Phi) is 7.13. The number of nitriles is 1. The molecule has 2 fully saturated rings. The number of nitrogens with one attached hydrogen (secondary N) is 1. The third-order valence-corrected chi connectivity index (χ3v) is 7.25. The Hall–Kier alpha value is -3.05. The molecule has 0 atom stereocenters. The van der Waals surface area contributed by atoms with Crippen LogP contribution in [0.15, 0.2) is 48.5 Å². The van der Waals surface area contributed by atoms with Crippen LogP contribution in [0.3, 0.4) is 0 Å². The molecular weight excluding hydrogens is 441 g/mol. The lowest BCUT2D eigenvalue weighted by Crippen LogP contribution is -2.50. The van der Waals surface area contributed by atoms with E-state index in [0.29, 0.717) is 13.1 Å². The van der Waals surface area contributed by atoms with Crippen LogP contribution in [0.2, 0.25) is 0 Å². The van der Waals surface area contributed by atoms with Gasteiger partial charge in [-0.3, -0.25) is 4.90 Å². The van der Waals surface area contributed by atoms with E-state index in [-0.39, 0.29) is 29.1 Å². The minimum absolute atomic E-state index is 0.0425. The molecule has 2 aromatic rings. The van der Waals surface area contributed by atoms with Gasteiger partial charge in [-0.1, -0.05) is 36.4 Å². The average molecular weight is 471 g/mol. The van der Waals surface area contributed by atoms with Crippen molar-refractivity contribution in [1.29, 1.82) is 5.26 Å². The molecule has 0 radical (unpaired) electrons. The number of amides is 2. The van der Waals surface area contributed by atoms with Gasteiger partial charge in [-0.25, -0.2) is 4.79 Å². The number of alkyl halides is 3. The van der Waals surface area contributed by atoms with Crippen molar-refractivity contribution in [3.8, 4) is 6.07 Å². The van der Waals surface area contributed by atoms with E-state index in [1.165, 1.54) is 17.7 Å². The predicted molar refractivity (Wildman–Crippen MR) is 123 cm³/mol. The van der Waals surface area contributed by atoms with Crippen molar-refractivity contribution in [3.63, 3.8) is 0 Å². The van der Waals surface area contributed by atoms with Crippen LogP contribution in [0.25, 0.3) is 0 Å². The second kappa shape index (κ2) is 10.1. The first-order valence-electron chi connectivity index (χ1n) is 11.7. The van der Waals surface area contributed by atoms with Crippen LogP contribution in [-0.2, 0) is 19.3 Å². The molecule has 0 unspecified atom stereocenters. The Morgan fingerprint density at radius 2 is 1.65 bits per heavy atom. The molecule has 0 saturated carbocycles. The summed E-state index contributed by atoms with van der Waals surface area (Å²) in [5.41, 5.74) is 0.589. The number of hydrogen-bond donors (Lipinski definition) is 1. The summed E-state index contributed by atoms with van der Waals surface area (Å²) in [7, 11) is 0. The van der Waals surface area contributed by atoms with E-state index >= 15 is 0 Å². The van der Waals surface area contributed by atoms with Gasteiger partial charge in [0.05, 0.1) is 17.2 Å². The summed E-state index contributed by atoms with van der Waals surface area (Å²) in [5.74, 6) is 0. The SMILES string of the molecule is N#Cc1ccc(CNC(=O)N2CCC3(CCN(Cc4ccccc4)CC3)CC2)c(C(F)(F)F)c1. The number of carbonyl (C=O) groups is 1. The highest BCUT2D eigenvalue weighted by Gasteiger charge is 2.39. The van der Waals surface area contributed by atoms with Crippen molar-refractivity contribution < 1.29 is 18.0 Å². The molecule has 2 aromatic carbocycles. The number of likely N-dealkylation sites (tertiary alicyclic amines) is 2. The smallest absolute Gasteiger partial charge is 0.334 e. The molecule has 1 N–H and O–H groups in total. The van der Waals surface area contributed by atoms with Gasteiger partial charge in [-0.05, 0) is 67.4 Å². The summed E-state index contributed by atoms with van der Waals surface area (Å²) in [6.45, 7) is 4.05. The molecule has 2 aliphatic rings. The number of nitrogens with zero attached hydrogens (tertiary/aromatic N) is 3. The van der Waals surface area contributed by atoms with Gasteiger partial charge in [0, 0.05) is 26.2 Å². The molecule has 1 spiro atoms. The molecule has 8 heteroatoms. The maximum atomic E-state index is 13.4. The first-order chi connectivity index (χ1) is 16.3. The summed E-state index contributed by atoms with van der Waals surface area (Å²) in [5, 5.41) is 11.5. The summed E-state index contributed by atoms with van der Waals surface area (Å²) >= 11 is 0. The average Bonchev–Trinajstić information content (AvgIpc) is 2.84. The van der Waals surface area contributed by atoms with Crippen molar-refractivity contribution >= 4 is 6.03 Å². The Morgan fingerprint density at radius 3 is 2.26 bits per heavy atom.